The molecule has 2 aromatic rings. The zero-order valence-corrected chi connectivity index (χ0v) is 13.7. The zero-order chi connectivity index (χ0) is 15.4. The average molecular weight is 390 g/mol. The molecule has 1 aromatic carbocycles. The quantitative estimate of drug-likeness (QED) is 0.734. The highest BCUT2D eigenvalue weighted by atomic mass is 79.9. The van der Waals surface area contributed by atoms with Gasteiger partial charge in [-0.1, -0.05) is 11.6 Å². The maximum atomic E-state index is 11.8. The van der Waals surface area contributed by atoms with E-state index < -0.39 is 12.0 Å². The van der Waals surface area contributed by atoms with Crippen LogP contribution >= 0.6 is 38.9 Å². The third-order valence-electron chi connectivity index (χ3n) is 2.56. The van der Waals surface area contributed by atoms with Crippen LogP contribution in [-0.4, -0.2) is 17.1 Å². The molecule has 0 saturated heterocycles. The summed E-state index contributed by atoms with van der Waals surface area (Å²) in [5.74, 6) is -1.14. The Morgan fingerprint density at radius 2 is 2.10 bits per heavy atom. The van der Waals surface area contributed by atoms with Gasteiger partial charge in [0.25, 0.3) is 0 Å². The number of urea groups is 1. The number of halogens is 2. The van der Waals surface area contributed by atoms with Crippen molar-refractivity contribution in [2.75, 3.05) is 5.32 Å². The minimum absolute atomic E-state index is 0.0214. The molecule has 0 atom stereocenters. The van der Waals surface area contributed by atoms with Gasteiger partial charge in [-0.3, -0.25) is 0 Å². The van der Waals surface area contributed by atoms with E-state index in [0.29, 0.717) is 11.6 Å². The molecule has 0 unspecified atom stereocenters. The molecule has 0 fully saturated rings. The lowest BCUT2D eigenvalue weighted by atomic mass is 10.2. The first kappa shape index (κ1) is 15.8. The summed E-state index contributed by atoms with van der Waals surface area (Å²) in [6, 6.07) is 5.58. The molecule has 0 aliphatic rings. The number of carboxylic acids is 1. The third kappa shape index (κ3) is 4.20. The summed E-state index contributed by atoms with van der Waals surface area (Å²) in [6.45, 7) is 0.340. The van der Waals surface area contributed by atoms with Crippen LogP contribution in [-0.2, 0) is 6.54 Å². The highest BCUT2D eigenvalue weighted by Gasteiger charge is 2.13. The van der Waals surface area contributed by atoms with E-state index in [4.69, 9.17) is 16.7 Å². The van der Waals surface area contributed by atoms with E-state index in [-0.39, 0.29) is 11.3 Å². The Balaban J connectivity index is 2.04. The summed E-state index contributed by atoms with van der Waals surface area (Å²) in [6.07, 6.45) is 0. The standard InChI is InChI=1S/C13H10BrClN2O3S/c14-9-3-4-21-11(9)6-16-13(20)17-10-5-7(15)1-2-8(10)12(18)19/h1-5H,6H2,(H,18,19)(H2,16,17,20). The molecule has 0 aliphatic carbocycles. The molecule has 0 spiro atoms. The molecule has 2 amide bonds. The Morgan fingerprint density at radius 1 is 1.33 bits per heavy atom. The number of anilines is 1. The fraction of sp³-hybridized carbons (Fsp3) is 0.0769. The Kier molecular flexibility index (Phi) is 5.22. The van der Waals surface area contributed by atoms with Crippen molar-refractivity contribution in [2.24, 2.45) is 0 Å². The number of carbonyl (C=O) groups is 2. The van der Waals surface area contributed by atoms with Crippen LogP contribution in [0.4, 0.5) is 10.5 Å². The fourth-order valence-electron chi connectivity index (χ4n) is 1.58. The third-order valence-corrected chi connectivity index (χ3v) is 4.72. The Bertz CT molecular complexity index is 690. The summed E-state index contributed by atoms with van der Waals surface area (Å²) >= 11 is 10.7. The number of thiophene rings is 1. The first-order valence-electron chi connectivity index (χ1n) is 5.77. The first-order chi connectivity index (χ1) is 9.97. The number of benzene rings is 1. The number of carboxylic acid groups (broad SMARTS) is 1. The van der Waals surface area contributed by atoms with Crippen LogP contribution in [0, 0.1) is 0 Å². The molecule has 0 radical (unpaired) electrons. The van der Waals surface area contributed by atoms with Crippen LogP contribution in [0.25, 0.3) is 0 Å². The number of aromatic carboxylic acids is 1. The van der Waals surface area contributed by atoms with Crippen molar-refractivity contribution < 1.29 is 14.7 Å². The van der Waals surface area contributed by atoms with E-state index in [2.05, 4.69) is 26.6 Å². The molecule has 1 aromatic heterocycles. The highest BCUT2D eigenvalue weighted by Crippen LogP contribution is 2.23. The number of hydrogen-bond acceptors (Lipinski definition) is 3. The number of nitrogens with one attached hydrogen (secondary N) is 2. The number of amides is 2. The number of rotatable bonds is 4. The molecule has 8 heteroatoms. The van der Waals surface area contributed by atoms with Crippen LogP contribution in [0.15, 0.2) is 34.1 Å². The molecular weight excluding hydrogens is 380 g/mol. The smallest absolute Gasteiger partial charge is 0.337 e. The van der Waals surface area contributed by atoms with Gasteiger partial charge < -0.3 is 15.7 Å². The molecule has 21 heavy (non-hydrogen) atoms. The molecule has 5 nitrogen and oxygen atoms in total. The minimum Gasteiger partial charge on any atom is -0.478 e. The summed E-state index contributed by atoms with van der Waals surface area (Å²) in [5.41, 5.74) is 0.129. The van der Waals surface area contributed by atoms with Crippen molar-refractivity contribution >= 4 is 56.6 Å². The van der Waals surface area contributed by atoms with Gasteiger partial charge in [0.1, 0.15) is 0 Å². The van der Waals surface area contributed by atoms with Gasteiger partial charge in [-0.05, 0) is 45.6 Å². The lowest BCUT2D eigenvalue weighted by molar-refractivity contribution is 0.0698. The Labute approximate surface area is 138 Å². The first-order valence-corrected chi connectivity index (χ1v) is 7.82. The maximum Gasteiger partial charge on any atom is 0.337 e. The van der Waals surface area contributed by atoms with E-state index in [1.807, 2.05) is 11.4 Å². The predicted molar refractivity (Wildman–Crippen MR) is 86.3 cm³/mol. The van der Waals surface area contributed by atoms with Crippen molar-refractivity contribution in [3.63, 3.8) is 0 Å². The predicted octanol–water partition coefficient (Wildman–Crippen LogP) is 4.18. The zero-order valence-electron chi connectivity index (χ0n) is 10.5. The Morgan fingerprint density at radius 3 is 2.71 bits per heavy atom. The van der Waals surface area contributed by atoms with Crippen LogP contribution in [0.2, 0.25) is 5.02 Å². The van der Waals surface area contributed by atoms with Gasteiger partial charge >= 0.3 is 12.0 Å². The molecule has 110 valence electrons. The Hall–Kier alpha value is -1.57. The van der Waals surface area contributed by atoms with Gasteiger partial charge in [0, 0.05) is 14.4 Å². The van der Waals surface area contributed by atoms with E-state index in [1.165, 1.54) is 29.5 Å². The topological polar surface area (TPSA) is 78.4 Å². The van der Waals surface area contributed by atoms with Crippen LogP contribution < -0.4 is 10.6 Å². The molecule has 0 aliphatic heterocycles. The molecule has 3 N–H and O–H groups in total. The molecule has 1 heterocycles. The summed E-state index contributed by atoms with van der Waals surface area (Å²) in [7, 11) is 0. The van der Waals surface area contributed by atoms with Crippen LogP contribution in [0.5, 0.6) is 0 Å². The fourth-order valence-corrected chi connectivity index (χ4v) is 3.19. The van der Waals surface area contributed by atoms with Crippen molar-refractivity contribution in [3.05, 3.63) is 49.6 Å². The van der Waals surface area contributed by atoms with Crippen molar-refractivity contribution in [1.82, 2.24) is 5.32 Å². The van der Waals surface area contributed by atoms with Crippen LogP contribution in [0.3, 0.4) is 0 Å². The second kappa shape index (κ2) is 6.93. The second-order valence-electron chi connectivity index (χ2n) is 3.99. The lowest BCUT2D eigenvalue weighted by Crippen LogP contribution is -2.28. The minimum atomic E-state index is -1.14. The van der Waals surface area contributed by atoms with Crippen molar-refractivity contribution in [2.45, 2.75) is 6.54 Å². The van der Waals surface area contributed by atoms with E-state index in [9.17, 15) is 9.59 Å². The van der Waals surface area contributed by atoms with Crippen molar-refractivity contribution in [3.8, 4) is 0 Å². The molecular formula is C13H10BrClN2O3S. The van der Waals surface area contributed by atoms with Gasteiger partial charge in [-0.25, -0.2) is 9.59 Å². The normalized spacial score (nSPS) is 10.2. The summed E-state index contributed by atoms with van der Waals surface area (Å²) < 4.78 is 0.918. The van der Waals surface area contributed by atoms with E-state index in [1.54, 1.807) is 0 Å². The van der Waals surface area contributed by atoms with E-state index in [0.717, 1.165) is 9.35 Å². The van der Waals surface area contributed by atoms with Crippen molar-refractivity contribution in [1.29, 1.82) is 0 Å². The average Bonchev–Trinajstić information content (AvgIpc) is 2.81. The van der Waals surface area contributed by atoms with Gasteiger partial charge in [0.15, 0.2) is 0 Å². The summed E-state index contributed by atoms with van der Waals surface area (Å²) in [5, 5.41) is 16.5. The largest absolute Gasteiger partial charge is 0.478 e. The van der Waals surface area contributed by atoms with Gasteiger partial charge in [-0.15, -0.1) is 11.3 Å². The monoisotopic (exact) mass is 388 g/mol. The van der Waals surface area contributed by atoms with Gasteiger partial charge in [-0.2, -0.15) is 0 Å². The van der Waals surface area contributed by atoms with Gasteiger partial charge in [0.2, 0.25) is 0 Å². The molecule has 0 bridgehead atoms. The molecule has 0 saturated carbocycles. The summed E-state index contributed by atoms with van der Waals surface area (Å²) in [4.78, 5) is 23.9. The van der Waals surface area contributed by atoms with Gasteiger partial charge in [0.05, 0.1) is 17.8 Å². The van der Waals surface area contributed by atoms with E-state index >= 15 is 0 Å². The number of carbonyl (C=O) groups excluding carboxylic acids is 1. The maximum absolute atomic E-state index is 11.8. The second-order valence-corrected chi connectivity index (χ2v) is 6.29. The molecule has 2 rings (SSSR count). The van der Waals surface area contributed by atoms with Crippen LogP contribution in [0.1, 0.15) is 15.2 Å². The lowest BCUT2D eigenvalue weighted by Gasteiger charge is -2.10. The highest BCUT2D eigenvalue weighted by molar-refractivity contribution is 9.10. The SMILES string of the molecule is O=C(NCc1sccc1Br)Nc1cc(Cl)ccc1C(=O)O. The number of hydrogen-bond donors (Lipinski definition) is 3.